The monoisotopic (exact) mass is 424 g/mol. The van der Waals surface area contributed by atoms with Crippen LogP contribution in [0.1, 0.15) is 23.2 Å². The van der Waals surface area contributed by atoms with Crippen LogP contribution in [0.4, 0.5) is 0 Å². The van der Waals surface area contributed by atoms with Gasteiger partial charge in [0, 0.05) is 29.5 Å². The third-order valence-electron chi connectivity index (χ3n) is 4.10. The molecular weight excluding hydrogens is 408 g/mol. The molecule has 0 N–H and O–H groups in total. The van der Waals surface area contributed by atoms with Crippen molar-refractivity contribution in [2.24, 2.45) is 0 Å². The molecule has 2 aromatic rings. The molecule has 1 amide bonds. The van der Waals surface area contributed by atoms with Gasteiger partial charge in [-0.25, -0.2) is 0 Å². The number of hydrogen-bond acceptors (Lipinski definition) is 4. The number of aromatic nitrogens is 1. The van der Waals surface area contributed by atoms with Crippen LogP contribution in [0.15, 0.2) is 41.1 Å². The fourth-order valence-electron chi connectivity index (χ4n) is 2.82. The van der Waals surface area contributed by atoms with Crippen LogP contribution in [0.25, 0.3) is 0 Å². The summed E-state index contributed by atoms with van der Waals surface area (Å²) in [5.41, 5.74) is 0.585. The molecule has 0 radical (unpaired) electrons. The lowest BCUT2D eigenvalue weighted by Gasteiger charge is -2.33. The van der Waals surface area contributed by atoms with E-state index in [9.17, 15) is 4.79 Å². The molecule has 7 heteroatoms. The number of piperidine rings is 1. The van der Waals surface area contributed by atoms with Crippen LogP contribution in [0.3, 0.4) is 0 Å². The van der Waals surface area contributed by atoms with Crippen molar-refractivity contribution in [1.29, 1.82) is 0 Å². The number of nitrogens with zero attached hydrogens (tertiary/aromatic N) is 2. The highest BCUT2D eigenvalue weighted by molar-refractivity contribution is 9.10. The van der Waals surface area contributed by atoms with E-state index in [1.165, 1.54) is 0 Å². The van der Waals surface area contributed by atoms with E-state index in [1.54, 1.807) is 31.6 Å². The number of halogens is 2. The molecule has 0 bridgehead atoms. The molecule has 25 heavy (non-hydrogen) atoms. The number of carbonyl (C=O) groups is 1. The average Bonchev–Trinajstić information content (AvgIpc) is 2.64. The van der Waals surface area contributed by atoms with Crippen molar-refractivity contribution in [2.75, 3.05) is 20.2 Å². The van der Waals surface area contributed by atoms with Gasteiger partial charge in [-0.05, 0) is 47.0 Å². The van der Waals surface area contributed by atoms with Crippen molar-refractivity contribution in [3.8, 4) is 11.5 Å². The van der Waals surface area contributed by atoms with Gasteiger partial charge in [-0.1, -0.05) is 11.6 Å². The number of amides is 1. The summed E-state index contributed by atoms with van der Waals surface area (Å²) in [6.07, 6.45) is 4.85. The zero-order chi connectivity index (χ0) is 17.8. The zero-order valence-electron chi connectivity index (χ0n) is 13.7. The number of benzene rings is 1. The molecule has 1 fully saturated rings. The Kier molecular flexibility index (Phi) is 5.81. The van der Waals surface area contributed by atoms with Gasteiger partial charge in [0.15, 0.2) is 0 Å². The second-order valence-corrected chi connectivity index (χ2v) is 7.05. The summed E-state index contributed by atoms with van der Waals surface area (Å²) in [7, 11) is 1.58. The van der Waals surface area contributed by atoms with Crippen LogP contribution in [-0.2, 0) is 0 Å². The molecule has 0 aliphatic carbocycles. The molecule has 2 heterocycles. The van der Waals surface area contributed by atoms with Gasteiger partial charge in [-0.2, -0.15) is 0 Å². The van der Waals surface area contributed by atoms with Crippen molar-refractivity contribution < 1.29 is 14.3 Å². The van der Waals surface area contributed by atoms with E-state index < -0.39 is 0 Å². The Morgan fingerprint density at radius 1 is 1.40 bits per heavy atom. The molecule has 0 spiro atoms. The standard InChI is InChI=1S/C18H18BrClN2O3/c1-24-12-4-5-15(19)14(9-12)18(23)22-8-2-3-13(11-22)25-17-6-7-21-10-16(17)20/h4-7,9-10,13H,2-3,8,11H2,1H3. The van der Waals surface area contributed by atoms with Crippen molar-refractivity contribution in [1.82, 2.24) is 9.88 Å². The van der Waals surface area contributed by atoms with E-state index in [1.807, 2.05) is 17.0 Å². The maximum atomic E-state index is 12.9. The molecule has 1 aromatic heterocycles. The third-order valence-corrected chi connectivity index (χ3v) is 5.07. The van der Waals surface area contributed by atoms with Crippen LogP contribution in [0, 0.1) is 0 Å². The van der Waals surface area contributed by atoms with Gasteiger partial charge in [-0.15, -0.1) is 0 Å². The molecule has 0 saturated carbocycles. The molecule has 1 aliphatic heterocycles. The smallest absolute Gasteiger partial charge is 0.255 e. The van der Waals surface area contributed by atoms with E-state index in [0.29, 0.717) is 35.2 Å². The fraction of sp³-hybridized carbons (Fsp3) is 0.333. The van der Waals surface area contributed by atoms with Gasteiger partial charge < -0.3 is 14.4 Å². The van der Waals surface area contributed by atoms with Crippen LogP contribution >= 0.6 is 27.5 Å². The number of likely N-dealkylation sites (tertiary alicyclic amines) is 1. The Labute approximate surface area is 160 Å². The molecule has 1 aliphatic rings. The predicted molar refractivity (Wildman–Crippen MR) is 99.5 cm³/mol. The number of carbonyl (C=O) groups excluding carboxylic acids is 1. The summed E-state index contributed by atoms with van der Waals surface area (Å²) in [6, 6.07) is 7.12. The van der Waals surface area contributed by atoms with E-state index in [2.05, 4.69) is 20.9 Å². The summed E-state index contributed by atoms with van der Waals surface area (Å²) < 4.78 is 11.9. The first-order chi connectivity index (χ1) is 12.1. The van der Waals surface area contributed by atoms with Gasteiger partial charge in [0.2, 0.25) is 0 Å². The summed E-state index contributed by atoms with van der Waals surface area (Å²) in [5, 5.41) is 0.474. The zero-order valence-corrected chi connectivity index (χ0v) is 16.1. The van der Waals surface area contributed by atoms with E-state index in [0.717, 1.165) is 17.3 Å². The largest absolute Gasteiger partial charge is 0.497 e. The lowest BCUT2D eigenvalue weighted by Crippen LogP contribution is -2.44. The number of rotatable bonds is 4. The van der Waals surface area contributed by atoms with Crippen LogP contribution < -0.4 is 9.47 Å². The van der Waals surface area contributed by atoms with E-state index in [4.69, 9.17) is 21.1 Å². The van der Waals surface area contributed by atoms with Gasteiger partial charge in [0.25, 0.3) is 5.91 Å². The average molecular weight is 426 g/mol. The molecule has 3 rings (SSSR count). The van der Waals surface area contributed by atoms with E-state index >= 15 is 0 Å². The van der Waals surface area contributed by atoms with Crippen LogP contribution in [0.5, 0.6) is 11.5 Å². The Balaban J connectivity index is 1.73. The van der Waals surface area contributed by atoms with Crippen molar-refractivity contribution in [3.63, 3.8) is 0 Å². The summed E-state index contributed by atoms with van der Waals surface area (Å²) >= 11 is 9.55. The number of methoxy groups -OCH3 is 1. The quantitative estimate of drug-likeness (QED) is 0.737. The second kappa shape index (κ2) is 8.06. The molecule has 5 nitrogen and oxygen atoms in total. The van der Waals surface area contributed by atoms with E-state index in [-0.39, 0.29) is 12.0 Å². The topological polar surface area (TPSA) is 51.7 Å². The number of pyridine rings is 1. The SMILES string of the molecule is COc1ccc(Br)c(C(=O)N2CCCC(Oc3ccncc3Cl)C2)c1. The van der Waals surface area contributed by atoms with Crippen molar-refractivity contribution in [2.45, 2.75) is 18.9 Å². The lowest BCUT2D eigenvalue weighted by molar-refractivity contribution is 0.0537. The number of hydrogen-bond donors (Lipinski definition) is 0. The molecule has 1 atom stereocenters. The molecule has 132 valence electrons. The highest BCUT2D eigenvalue weighted by atomic mass is 79.9. The first kappa shape index (κ1) is 18.0. The molecule has 1 unspecified atom stereocenters. The van der Waals surface area contributed by atoms with Gasteiger partial charge >= 0.3 is 0 Å². The summed E-state index contributed by atoms with van der Waals surface area (Å²) in [5.74, 6) is 1.21. The molecule has 1 aromatic carbocycles. The van der Waals surface area contributed by atoms with Crippen LogP contribution in [-0.4, -0.2) is 42.1 Å². The first-order valence-corrected chi connectivity index (χ1v) is 9.14. The first-order valence-electron chi connectivity index (χ1n) is 7.97. The number of ether oxygens (including phenoxy) is 2. The Hall–Kier alpha value is -1.79. The maximum Gasteiger partial charge on any atom is 0.255 e. The Morgan fingerprint density at radius 3 is 3.00 bits per heavy atom. The predicted octanol–water partition coefficient (Wildman–Crippen LogP) is 4.19. The van der Waals surface area contributed by atoms with Crippen molar-refractivity contribution >= 4 is 33.4 Å². The Morgan fingerprint density at radius 2 is 2.24 bits per heavy atom. The third kappa shape index (κ3) is 4.25. The lowest BCUT2D eigenvalue weighted by atomic mass is 10.1. The maximum absolute atomic E-state index is 12.9. The molecule has 1 saturated heterocycles. The van der Waals surface area contributed by atoms with Crippen LogP contribution in [0.2, 0.25) is 5.02 Å². The normalized spacial score (nSPS) is 17.2. The summed E-state index contributed by atoms with van der Waals surface area (Å²) in [6.45, 7) is 1.22. The van der Waals surface area contributed by atoms with Crippen molar-refractivity contribution in [3.05, 3.63) is 51.7 Å². The minimum Gasteiger partial charge on any atom is -0.497 e. The van der Waals surface area contributed by atoms with Gasteiger partial charge in [-0.3, -0.25) is 9.78 Å². The second-order valence-electron chi connectivity index (χ2n) is 5.79. The Bertz CT molecular complexity index is 772. The fourth-order valence-corrected chi connectivity index (χ4v) is 3.40. The van der Waals surface area contributed by atoms with Gasteiger partial charge in [0.05, 0.1) is 19.2 Å². The minimum absolute atomic E-state index is 0.0418. The highest BCUT2D eigenvalue weighted by Crippen LogP contribution is 2.28. The molecular formula is C18H18BrClN2O3. The minimum atomic E-state index is -0.0954. The van der Waals surface area contributed by atoms with Gasteiger partial charge in [0.1, 0.15) is 22.6 Å². The highest BCUT2D eigenvalue weighted by Gasteiger charge is 2.27. The summed E-state index contributed by atoms with van der Waals surface area (Å²) in [4.78, 5) is 18.7.